The lowest BCUT2D eigenvalue weighted by atomic mass is 10.0. The SMILES string of the molecule is CCCNC(CSc1n[nH]c(C)n1)C1CCOC1. The molecule has 0 spiro atoms. The first-order valence-corrected chi connectivity index (χ1v) is 7.61. The average Bonchev–Trinajstić information content (AvgIpc) is 3.01. The highest BCUT2D eigenvalue weighted by Crippen LogP contribution is 2.22. The van der Waals surface area contributed by atoms with Crippen LogP contribution in [0.1, 0.15) is 25.6 Å². The molecule has 1 aliphatic rings. The summed E-state index contributed by atoms with van der Waals surface area (Å²) in [5.41, 5.74) is 0. The molecule has 2 N–H and O–H groups in total. The summed E-state index contributed by atoms with van der Waals surface area (Å²) in [6.07, 6.45) is 2.32. The maximum atomic E-state index is 5.49. The standard InChI is InChI=1S/C12H22N4OS/c1-3-5-13-11(10-4-6-17-7-10)8-18-12-14-9(2)15-16-12/h10-11,13H,3-8H2,1-2H3,(H,14,15,16). The lowest BCUT2D eigenvalue weighted by Gasteiger charge is -2.22. The van der Waals surface area contributed by atoms with Crippen molar-refractivity contribution in [2.75, 3.05) is 25.5 Å². The van der Waals surface area contributed by atoms with Crippen molar-refractivity contribution in [3.8, 4) is 0 Å². The molecule has 2 rings (SSSR count). The molecule has 1 aliphatic heterocycles. The van der Waals surface area contributed by atoms with Crippen LogP contribution >= 0.6 is 11.8 Å². The van der Waals surface area contributed by atoms with Gasteiger partial charge in [0.1, 0.15) is 5.82 Å². The minimum Gasteiger partial charge on any atom is -0.381 e. The zero-order chi connectivity index (χ0) is 12.8. The van der Waals surface area contributed by atoms with Crippen LogP contribution in [0.5, 0.6) is 0 Å². The monoisotopic (exact) mass is 270 g/mol. The number of ether oxygens (including phenoxy) is 1. The van der Waals surface area contributed by atoms with Crippen molar-refractivity contribution in [3.63, 3.8) is 0 Å². The fourth-order valence-electron chi connectivity index (χ4n) is 2.11. The van der Waals surface area contributed by atoms with Crippen LogP contribution < -0.4 is 5.32 Å². The second kappa shape index (κ2) is 7.11. The van der Waals surface area contributed by atoms with E-state index in [-0.39, 0.29) is 0 Å². The summed E-state index contributed by atoms with van der Waals surface area (Å²) in [5.74, 6) is 2.51. The summed E-state index contributed by atoms with van der Waals surface area (Å²) >= 11 is 1.72. The van der Waals surface area contributed by atoms with E-state index in [1.165, 1.54) is 0 Å². The normalized spacial score (nSPS) is 21.3. The molecule has 0 radical (unpaired) electrons. The second-order valence-electron chi connectivity index (χ2n) is 4.70. The lowest BCUT2D eigenvalue weighted by molar-refractivity contribution is 0.179. The lowest BCUT2D eigenvalue weighted by Crippen LogP contribution is -2.39. The van der Waals surface area contributed by atoms with Crippen molar-refractivity contribution in [1.29, 1.82) is 0 Å². The Bertz CT molecular complexity index is 352. The molecule has 1 aromatic rings. The maximum Gasteiger partial charge on any atom is 0.208 e. The van der Waals surface area contributed by atoms with E-state index < -0.39 is 0 Å². The zero-order valence-electron chi connectivity index (χ0n) is 11.1. The fourth-order valence-corrected chi connectivity index (χ4v) is 3.14. The summed E-state index contributed by atoms with van der Waals surface area (Å²) in [4.78, 5) is 4.33. The van der Waals surface area contributed by atoms with Crippen LogP contribution in [0.3, 0.4) is 0 Å². The Labute approximate surface area is 112 Å². The fraction of sp³-hybridized carbons (Fsp3) is 0.833. The maximum absolute atomic E-state index is 5.49. The van der Waals surface area contributed by atoms with Gasteiger partial charge in [-0.2, -0.15) is 0 Å². The molecule has 1 fully saturated rings. The summed E-state index contributed by atoms with van der Waals surface area (Å²) in [5, 5.41) is 11.5. The Morgan fingerprint density at radius 1 is 1.61 bits per heavy atom. The molecule has 1 saturated heterocycles. The van der Waals surface area contributed by atoms with Crippen LogP contribution in [0.4, 0.5) is 0 Å². The van der Waals surface area contributed by atoms with Gasteiger partial charge in [0.25, 0.3) is 0 Å². The van der Waals surface area contributed by atoms with E-state index in [0.29, 0.717) is 12.0 Å². The smallest absolute Gasteiger partial charge is 0.208 e. The van der Waals surface area contributed by atoms with Gasteiger partial charge in [-0.05, 0) is 26.3 Å². The molecule has 102 valence electrons. The third kappa shape index (κ3) is 3.96. The van der Waals surface area contributed by atoms with Crippen molar-refractivity contribution in [2.45, 2.75) is 37.9 Å². The Hall–Kier alpha value is -0.590. The van der Waals surface area contributed by atoms with Crippen LogP contribution in [-0.2, 0) is 4.74 Å². The molecule has 0 saturated carbocycles. The van der Waals surface area contributed by atoms with E-state index in [4.69, 9.17) is 4.74 Å². The average molecular weight is 270 g/mol. The van der Waals surface area contributed by atoms with E-state index in [0.717, 1.165) is 49.3 Å². The van der Waals surface area contributed by atoms with Gasteiger partial charge in [0.15, 0.2) is 0 Å². The molecule has 18 heavy (non-hydrogen) atoms. The van der Waals surface area contributed by atoms with Crippen molar-refractivity contribution in [2.24, 2.45) is 5.92 Å². The minimum absolute atomic E-state index is 0.497. The Morgan fingerprint density at radius 3 is 3.11 bits per heavy atom. The number of thioether (sulfide) groups is 1. The summed E-state index contributed by atoms with van der Waals surface area (Å²) < 4.78 is 5.49. The van der Waals surface area contributed by atoms with E-state index >= 15 is 0 Å². The first-order chi connectivity index (χ1) is 8.79. The zero-order valence-corrected chi connectivity index (χ0v) is 11.9. The molecule has 0 amide bonds. The molecule has 0 aliphatic carbocycles. The van der Waals surface area contributed by atoms with Gasteiger partial charge in [0.05, 0.1) is 6.61 Å². The van der Waals surface area contributed by atoms with Gasteiger partial charge in [0.2, 0.25) is 5.16 Å². The molecule has 0 aromatic carbocycles. The summed E-state index contributed by atoms with van der Waals surface area (Å²) in [7, 11) is 0. The Morgan fingerprint density at radius 2 is 2.50 bits per heavy atom. The molecule has 6 heteroatoms. The first-order valence-electron chi connectivity index (χ1n) is 6.62. The predicted octanol–water partition coefficient (Wildman–Crippen LogP) is 1.61. The van der Waals surface area contributed by atoms with Gasteiger partial charge in [0, 0.05) is 24.3 Å². The van der Waals surface area contributed by atoms with Crippen molar-refractivity contribution >= 4 is 11.8 Å². The van der Waals surface area contributed by atoms with E-state index in [9.17, 15) is 0 Å². The molecular formula is C12H22N4OS. The molecule has 1 aromatic heterocycles. The van der Waals surface area contributed by atoms with Crippen LogP contribution in [0.2, 0.25) is 0 Å². The van der Waals surface area contributed by atoms with Gasteiger partial charge in [-0.15, -0.1) is 5.10 Å². The highest BCUT2D eigenvalue weighted by molar-refractivity contribution is 7.99. The van der Waals surface area contributed by atoms with E-state index in [1.807, 2.05) is 6.92 Å². The Balaban J connectivity index is 1.83. The van der Waals surface area contributed by atoms with Crippen LogP contribution in [-0.4, -0.2) is 46.7 Å². The summed E-state index contributed by atoms with van der Waals surface area (Å²) in [6, 6.07) is 0.497. The van der Waals surface area contributed by atoms with Crippen LogP contribution in [0.15, 0.2) is 5.16 Å². The number of hydrogen-bond acceptors (Lipinski definition) is 5. The number of aromatic nitrogens is 3. The number of rotatable bonds is 7. The quantitative estimate of drug-likeness (QED) is 0.737. The number of nitrogens with one attached hydrogen (secondary N) is 2. The van der Waals surface area contributed by atoms with Gasteiger partial charge < -0.3 is 10.1 Å². The van der Waals surface area contributed by atoms with Crippen LogP contribution in [0.25, 0.3) is 0 Å². The van der Waals surface area contributed by atoms with Gasteiger partial charge in [-0.3, -0.25) is 5.10 Å². The van der Waals surface area contributed by atoms with E-state index in [2.05, 4.69) is 27.4 Å². The topological polar surface area (TPSA) is 62.8 Å². The molecular weight excluding hydrogens is 248 g/mol. The minimum atomic E-state index is 0.497. The van der Waals surface area contributed by atoms with Gasteiger partial charge >= 0.3 is 0 Å². The van der Waals surface area contributed by atoms with E-state index in [1.54, 1.807) is 11.8 Å². The number of H-pyrrole nitrogens is 1. The second-order valence-corrected chi connectivity index (χ2v) is 5.69. The number of aromatic amines is 1. The summed E-state index contributed by atoms with van der Waals surface area (Å²) in [6.45, 7) is 6.97. The largest absolute Gasteiger partial charge is 0.381 e. The highest BCUT2D eigenvalue weighted by atomic mass is 32.2. The number of nitrogens with zero attached hydrogens (tertiary/aromatic N) is 2. The third-order valence-corrected chi connectivity index (χ3v) is 4.13. The number of hydrogen-bond donors (Lipinski definition) is 2. The third-order valence-electron chi connectivity index (χ3n) is 3.16. The van der Waals surface area contributed by atoms with Crippen molar-refractivity contribution in [1.82, 2.24) is 20.5 Å². The molecule has 2 atom stereocenters. The molecule has 0 bridgehead atoms. The van der Waals surface area contributed by atoms with Crippen molar-refractivity contribution in [3.05, 3.63) is 5.82 Å². The Kier molecular flexibility index (Phi) is 5.46. The van der Waals surface area contributed by atoms with Gasteiger partial charge in [-0.25, -0.2) is 4.98 Å². The predicted molar refractivity (Wildman–Crippen MR) is 72.9 cm³/mol. The number of aryl methyl sites for hydroxylation is 1. The highest BCUT2D eigenvalue weighted by Gasteiger charge is 2.25. The molecule has 2 heterocycles. The molecule has 2 unspecified atom stereocenters. The first kappa shape index (κ1) is 13.8. The van der Waals surface area contributed by atoms with Gasteiger partial charge in [-0.1, -0.05) is 18.7 Å². The van der Waals surface area contributed by atoms with Crippen molar-refractivity contribution < 1.29 is 4.74 Å². The van der Waals surface area contributed by atoms with Crippen LogP contribution in [0, 0.1) is 12.8 Å². The molecule has 5 nitrogen and oxygen atoms in total.